The number of pyridine rings is 1. The van der Waals surface area contributed by atoms with Gasteiger partial charge in [-0.05, 0) is 75.5 Å². The molecule has 1 amide bonds. The van der Waals surface area contributed by atoms with Crippen LogP contribution in [0.1, 0.15) is 75.5 Å². The van der Waals surface area contributed by atoms with E-state index in [1.807, 2.05) is 0 Å². The molecule has 1 saturated carbocycles. The third-order valence-corrected chi connectivity index (χ3v) is 7.64. The number of alkyl halides is 1. The third-order valence-electron chi connectivity index (χ3n) is 7.64. The van der Waals surface area contributed by atoms with Gasteiger partial charge in [-0.25, -0.2) is 14.2 Å². The molecule has 9 heteroatoms. The molecule has 3 N–H and O–H groups in total. The molecule has 1 aromatic rings. The van der Waals surface area contributed by atoms with Crippen molar-refractivity contribution in [3.05, 3.63) is 23.4 Å². The number of amides is 1. The molecule has 0 radical (unpaired) electrons. The highest BCUT2D eigenvalue weighted by molar-refractivity contribution is 5.83. The van der Waals surface area contributed by atoms with E-state index in [2.05, 4.69) is 27.7 Å². The van der Waals surface area contributed by atoms with Crippen molar-refractivity contribution in [3.8, 4) is 0 Å². The number of unbranched alkanes of at least 4 members (excludes halogenated alkanes) is 1. The standard InChI is InChI=1S/C28H45FN4O4/c1-37-24(19-29)20-33(16-6-5-11-23-13-12-22-10-7-15-30-27(22)31-23)17-14-25(28(35)36)32-26(34)18-21-8-3-2-4-9-21/h12-13,21,24-25H,2-11,14-20H2,1H3,(H,30,31)(H,32,34)(H,35,36). The molecule has 1 fully saturated rings. The summed E-state index contributed by atoms with van der Waals surface area (Å²) in [5, 5.41) is 15.8. The molecule has 8 nitrogen and oxygen atoms in total. The zero-order chi connectivity index (χ0) is 26.5. The van der Waals surface area contributed by atoms with Gasteiger partial charge >= 0.3 is 5.97 Å². The number of carbonyl (C=O) groups excluding carboxylic acids is 1. The average molecular weight is 521 g/mol. The van der Waals surface area contributed by atoms with E-state index in [1.54, 1.807) is 0 Å². The maximum atomic E-state index is 13.4. The van der Waals surface area contributed by atoms with Crippen LogP contribution in [0.2, 0.25) is 0 Å². The Morgan fingerprint density at radius 2 is 2.03 bits per heavy atom. The number of hydrogen-bond acceptors (Lipinski definition) is 6. The molecule has 2 unspecified atom stereocenters. The van der Waals surface area contributed by atoms with Crippen LogP contribution >= 0.6 is 0 Å². The van der Waals surface area contributed by atoms with Gasteiger partial charge in [0.05, 0.1) is 6.10 Å². The molecule has 2 aliphatic rings. The van der Waals surface area contributed by atoms with Crippen molar-refractivity contribution < 1.29 is 23.8 Å². The van der Waals surface area contributed by atoms with E-state index in [4.69, 9.17) is 9.72 Å². The van der Waals surface area contributed by atoms with E-state index in [9.17, 15) is 19.1 Å². The molecule has 2 heterocycles. The smallest absolute Gasteiger partial charge is 0.326 e. The maximum absolute atomic E-state index is 13.4. The Bertz CT molecular complexity index is 845. The largest absolute Gasteiger partial charge is 0.480 e. The summed E-state index contributed by atoms with van der Waals surface area (Å²) in [6.45, 7) is 1.90. The van der Waals surface area contributed by atoms with Crippen molar-refractivity contribution in [2.75, 3.05) is 45.3 Å². The number of aliphatic carboxylic acids is 1. The molecule has 37 heavy (non-hydrogen) atoms. The fraction of sp³-hybridized carbons (Fsp3) is 0.750. The second kappa shape index (κ2) is 15.9. The number of methoxy groups -OCH3 is 1. The van der Waals surface area contributed by atoms with Crippen LogP contribution < -0.4 is 10.6 Å². The molecule has 1 aliphatic carbocycles. The molecule has 0 bridgehead atoms. The predicted octanol–water partition coefficient (Wildman–Crippen LogP) is 3.98. The summed E-state index contributed by atoms with van der Waals surface area (Å²) < 4.78 is 18.6. The van der Waals surface area contributed by atoms with Crippen LogP contribution in [0.25, 0.3) is 0 Å². The Balaban J connectivity index is 1.47. The Hall–Kier alpha value is -2.26. The molecule has 0 spiro atoms. The fourth-order valence-corrected chi connectivity index (χ4v) is 5.39. The maximum Gasteiger partial charge on any atom is 0.326 e. The SMILES string of the molecule is COC(CF)CN(CCCCc1ccc2c(n1)NCCC2)CCC(NC(=O)CC1CCCCC1)C(=O)O. The minimum absolute atomic E-state index is 0.184. The van der Waals surface area contributed by atoms with Gasteiger partial charge in [0, 0.05) is 38.9 Å². The quantitative estimate of drug-likeness (QED) is 0.283. The lowest BCUT2D eigenvalue weighted by atomic mass is 9.87. The number of carbonyl (C=O) groups is 2. The molecular formula is C28H45FN4O4. The number of halogens is 1. The van der Waals surface area contributed by atoms with E-state index < -0.39 is 24.8 Å². The van der Waals surface area contributed by atoms with Crippen molar-refractivity contribution in [2.45, 2.75) is 89.2 Å². The Labute approximate surface area is 220 Å². The molecule has 1 aliphatic heterocycles. The molecule has 2 atom stereocenters. The first-order chi connectivity index (χ1) is 18.0. The Morgan fingerprint density at radius 3 is 2.76 bits per heavy atom. The number of aromatic nitrogens is 1. The fourth-order valence-electron chi connectivity index (χ4n) is 5.39. The summed E-state index contributed by atoms with van der Waals surface area (Å²) in [7, 11) is 1.49. The number of anilines is 1. The van der Waals surface area contributed by atoms with E-state index in [-0.39, 0.29) is 12.3 Å². The number of hydrogen-bond donors (Lipinski definition) is 3. The summed E-state index contributed by atoms with van der Waals surface area (Å²) >= 11 is 0. The van der Waals surface area contributed by atoms with Gasteiger partial charge in [0.2, 0.25) is 5.91 Å². The number of rotatable bonds is 16. The van der Waals surface area contributed by atoms with Crippen LogP contribution in [0.4, 0.5) is 10.2 Å². The minimum Gasteiger partial charge on any atom is -0.480 e. The lowest BCUT2D eigenvalue weighted by Gasteiger charge is -2.27. The van der Waals surface area contributed by atoms with Crippen LogP contribution in [0.5, 0.6) is 0 Å². The summed E-state index contributed by atoms with van der Waals surface area (Å²) in [6.07, 6.45) is 10.6. The van der Waals surface area contributed by atoms with Gasteiger partial charge in [0.1, 0.15) is 18.5 Å². The number of nitrogens with zero attached hydrogens (tertiary/aromatic N) is 2. The first-order valence-corrected chi connectivity index (χ1v) is 14.0. The first-order valence-electron chi connectivity index (χ1n) is 14.0. The van der Waals surface area contributed by atoms with Gasteiger partial charge in [-0.2, -0.15) is 0 Å². The van der Waals surface area contributed by atoms with Gasteiger partial charge in [0.15, 0.2) is 0 Å². The van der Waals surface area contributed by atoms with Gasteiger partial charge in [-0.1, -0.05) is 25.3 Å². The van der Waals surface area contributed by atoms with Crippen LogP contribution in [0, 0.1) is 5.92 Å². The molecule has 1 aromatic heterocycles. The highest BCUT2D eigenvalue weighted by Gasteiger charge is 2.24. The van der Waals surface area contributed by atoms with Crippen LogP contribution in [-0.2, 0) is 27.2 Å². The zero-order valence-corrected chi connectivity index (χ0v) is 22.4. The topological polar surface area (TPSA) is 104 Å². The zero-order valence-electron chi connectivity index (χ0n) is 22.4. The molecule has 0 aromatic carbocycles. The van der Waals surface area contributed by atoms with Crippen LogP contribution in [0.15, 0.2) is 12.1 Å². The van der Waals surface area contributed by atoms with Gasteiger partial charge < -0.3 is 25.4 Å². The van der Waals surface area contributed by atoms with Crippen molar-refractivity contribution in [1.29, 1.82) is 0 Å². The van der Waals surface area contributed by atoms with Crippen molar-refractivity contribution in [1.82, 2.24) is 15.2 Å². The number of nitrogens with one attached hydrogen (secondary N) is 2. The van der Waals surface area contributed by atoms with Gasteiger partial charge in [-0.3, -0.25) is 4.79 Å². The van der Waals surface area contributed by atoms with Crippen molar-refractivity contribution in [2.24, 2.45) is 5.92 Å². The number of ether oxygens (including phenoxy) is 1. The van der Waals surface area contributed by atoms with Gasteiger partial charge in [-0.15, -0.1) is 0 Å². The number of carboxylic acid groups (broad SMARTS) is 1. The summed E-state index contributed by atoms with van der Waals surface area (Å²) in [6, 6.07) is 3.31. The first kappa shape index (κ1) is 29.3. The second-order valence-corrected chi connectivity index (χ2v) is 10.6. The molecule has 3 rings (SSSR count). The molecule has 0 saturated heterocycles. The average Bonchev–Trinajstić information content (AvgIpc) is 2.91. The van der Waals surface area contributed by atoms with Crippen LogP contribution in [-0.4, -0.2) is 79.0 Å². The van der Waals surface area contributed by atoms with Crippen molar-refractivity contribution in [3.63, 3.8) is 0 Å². The van der Waals surface area contributed by atoms with Gasteiger partial charge in [0.25, 0.3) is 0 Å². The monoisotopic (exact) mass is 520 g/mol. The number of aryl methyl sites for hydroxylation is 2. The second-order valence-electron chi connectivity index (χ2n) is 10.6. The van der Waals surface area contributed by atoms with E-state index in [0.29, 0.717) is 32.0 Å². The van der Waals surface area contributed by atoms with E-state index in [0.717, 1.165) is 75.8 Å². The summed E-state index contributed by atoms with van der Waals surface area (Å²) in [5.41, 5.74) is 2.33. The summed E-state index contributed by atoms with van der Waals surface area (Å²) in [5.74, 6) is 0.142. The lowest BCUT2D eigenvalue weighted by Crippen LogP contribution is -2.45. The highest BCUT2D eigenvalue weighted by atomic mass is 19.1. The van der Waals surface area contributed by atoms with E-state index >= 15 is 0 Å². The normalized spacial score (nSPS) is 17.6. The lowest BCUT2D eigenvalue weighted by molar-refractivity contribution is -0.142. The number of carboxylic acids is 1. The third kappa shape index (κ3) is 10.2. The van der Waals surface area contributed by atoms with E-state index in [1.165, 1.54) is 19.1 Å². The summed E-state index contributed by atoms with van der Waals surface area (Å²) in [4.78, 5) is 31.2. The Kier molecular flexibility index (Phi) is 12.6. The molecule has 208 valence electrons. The minimum atomic E-state index is -1.03. The molecular weight excluding hydrogens is 475 g/mol. The Morgan fingerprint density at radius 1 is 1.22 bits per heavy atom. The van der Waals surface area contributed by atoms with Crippen molar-refractivity contribution >= 4 is 17.7 Å². The predicted molar refractivity (Wildman–Crippen MR) is 143 cm³/mol. The van der Waals surface area contributed by atoms with Crippen LogP contribution in [0.3, 0.4) is 0 Å². The highest BCUT2D eigenvalue weighted by Crippen LogP contribution is 2.26. The number of fused-ring (bicyclic) bond motifs is 1.